The summed E-state index contributed by atoms with van der Waals surface area (Å²) in [4.78, 5) is 13.9. The molecule has 1 amide bonds. The van der Waals surface area contributed by atoms with Crippen LogP contribution in [0.4, 0.5) is 0 Å². The van der Waals surface area contributed by atoms with Crippen LogP contribution in [0.15, 0.2) is 0 Å². The van der Waals surface area contributed by atoms with Crippen LogP contribution < -0.4 is 5.73 Å². The second-order valence-electron chi connectivity index (χ2n) is 4.57. The zero-order valence-electron chi connectivity index (χ0n) is 10.4. The van der Waals surface area contributed by atoms with Crippen molar-refractivity contribution in [3.8, 4) is 0 Å². The summed E-state index contributed by atoms with van der Waals surface area (Å²) in [5.74, 6) is 0.0592. The lowest BCUT2D eigenvalue weighted by molar-refractivity contribution is -0.136. The molecule has 1 fully saturated rings. The highest BCUT2D eigenvalue weighted by Gasteiger charge is 2.35. The van der Waals surface area contributed by atoms with E-state index in [1.54, 1.807) is 7.11 Å². The number of hydrogen-bond donors (Lipinski definition) is 1. The quantitative estimate of drug-likeness (QED) is 0.815. The molecule has 1 rings (SSSR count). The lowest BCUT2D eigenvalue weighted by Gasteiger charge is -2.28. The monoisotopic (exact) mass is 250 g/mol. The predicted molar refractivity (Wildman–Crippen MR) is 66.7 cm³/mol. The zero-order chi connectivity index (χ0) is 11.5. The Morgan fingerprint density at radius 2 is 2.25 bits per heavy atom. The topological polar surface area (TPSA) is 55.6 Å². The van der Waals surface area contributed by atoms with E-state index in [1.807, 2.05) is 18.7 Å². The van der Waals surface area contributed by atoms with Gasteiger partial charge in [0.15, 0.2) is 0 Å². The molecular formula is C11H23ClN2O2. The molecule has 16 heavy (non-hydrogen) atoms. The third-order valence-corrected chi connectivity index (χ3v) is 3.02. The summed E-state index contributed by atoms with van der Waals surface area (Å²) < 4.78 is 5.23. The summed E-state index contributed by atoms with van der Waals surface area (Å²) in [6.45, 7) is 5.32. The molecule has 0 radical (unpaired) electrons. The van der Waals surface area contributed by atoms with Crippen molar-refractivity contribution in [2.24, 2.45) is 5.73 Å². The maximum absolute atomic E-state index is 12.1. The van der Waals surface area contributed by atoms with E-state index < -0.39 is 5.54 Å². The molecule has 2 atom stereocenters. The molecule has 0 aromatic heterocycles. The first-order valence-electron chi connectivity index (χ1n) is 5.62. The van der Waals surface area contributed by atoms with Gasteiger partial charge in [-0.15, -0.1) is 12.4 Å². The van der Waals surface area contributed by atoms with Crippen molar-refractivity contribution < 1.29 is 9.53 Å². The first-order valence-corrected chi connectivity index (χ1v) is 5.62. The molecule has 0 aromatic rings. The van der Waals surface area contributed by atoms with Crippen LogP contribution in [0, 0.1) is 0 Å². The Balaban J connectivity index is 0.00000225. The van der Waals surface area contributed by atoms with Crippen LogP contribution in [0.1, 0.15) is 33.1 Å². The minimum atomic E-state index is -0.711. The van der Waals surface area contributed by atoms with Crippen molar-refractivity contribution in [1.29, 1.82) is 0 Å². The Labute approximate surface area is 104 Å². The van der Waals surface area contributed by atoms with Gasteiger partial charge in [-0.25, -0.2) is 0 Å². The van der Waals surface area contributed by atoms with Crippen LogP contribution in [0.3, 0.4) is 0 Å². The first-order chi connectivity index (χ1) is 7.01. The fraction of sp³-hybridized carbons (Fsp3) is 0.909. The molecule has 2 N–H and O–H groups in total. The number of methoxy groups -OCH3 is 1. The van der Waals surface area contributed by atoms with E-state index in [2.05, 4.69) is 0 Å². The smallest absolute Gasteiger partial charge is 0.242 e. The summed E-state index contributed by atoms with van der Waals surface area (Å²) in [5.41, 5.74) is 5.29. The van der Waals surface area contributed by atoms with Crippen LogP contribution in [-0.2, 0) is 9.53 Å². The summed E-state index contributed by atoms with van der Waals surface area (Å²) in [5, 5.41) is 0. The second kappa shape index (κ2) is 6.42. The van der Waals surface area contributed by atoms with Gasteiger partial charge in [-0.05, 0) is 19.8 Å². The fourth-order valence-corrected chi connectivity index (χ4v) is 2.09. The average molecular weight is 251 g/mol. The van der Waals surface area contributed by atoms with Crippen LogP contribution in [0.5, 0.6) is 0 Å². The van der Waals surface area contributed by atoms with E-state index in [-0.39, 0.29) is 24.4 Å². The number of nitrogens with zero attached hydrogens (tertiary/aromatic N) is 1. The van der Waals surface area contributed by atoms with Gasteiger partial charge >= 0.3 is 0 Å². The van der Waals surface area contributed by atoms with E-state index in [4.69, 9.17) is 10.5 Å². The van der Waals surface area contributed by atoms with Crippen LogP contribution >= 0.6 is 12.4 Å². The largest absolute Gasteiger partial charge is 0.380 e. The highest BCUT2D eigenvalue weighted by atomic mass is 35.5. The standard InChI is InChI=1S/C11H22N2O2.ClH/c1-4-6-11(2,12)10(14)13-7-5-9(8-13)15-3;/h9H,4-8,12H2,1-3H3;1H/t9-,11?;/m1./s1. The predicted octanol–water partition coefficient (Wildman–Crippen LogP) is 1.17. The lowest BCUT2D eigenvalue weighted by Crippen LogP contribution is -2.52. The van der Waals surface area contributed by atoms with Gasteiger partial charge in [0.05, 0.1) is 11.6 Å². The van der Waals surface area contributed by atoms with Gasteiger partial charge in [-0.3, -0.25) is 4.79 Å². The molecule has 0 aliphatic carbocycles. The van der Waals surface area contributed by atoms with Gasteiger partial charge in [-0.1, -0.05) is 13.3 Å². The molecule has 4 nitrogen and oxygen atoms in total. The molecule has 1 saturated heterocycles. The summed E-state index contributed by atoms with van der Waals surface area (Å²) in [7, 11) is 1.69. The molecular weight excluding hydrogens is 228 g/mol. The minimum absolute atomic E-state index is 0. The van der Waals surface area contributed by atoms with Gasteiger partial charge in [-0.2, -0.15) is 0 Å². The first kappa shape index (κ1) is 15.7. The molecule has 5 heteroatoms. The number of rotatable bonds is 4. The average Bonchev–Trinajstić information content (AvgIpc) is 2.64. The Kier molecular flexibility index (Phi) is 6.30. The molecule has 1 heterocycles. The second-order valence-corrected chi connectivity index (χ2v) is 4.57. The lowest BCUT2D eigenvalue weighted by atomic mass is 9.96. The molecule has 96 valence electrons. The molecule has 0 bridgehead atoms. The van der Waals surface area contributed by atoms with E-state index in [0.29, 0.717) is 6.54 Å². The van der Waals surface area contributed by atoms with Crippen molar-refractivity contribution >= 4 is 18.3 Å². The Bertz CT molecular complexity index is 234. The maximum atomic E-state index is 12.1. The SMILES string of the molecule is CCCC(C)(N)C(=O)N1CC[C@@H](OC)C1.Cl. The van der Waals surface area contributed by atoms with Gasteiger partial charge in [0.1, 0.15) is 0 Å². The fourth-order valence-electron chi connectivity index (χ4n) is 2.09. The zero-order valence-corrected chi connectivity index (χ0v) is 11.2. The van der Waals surface area contributed by atoms with Crippen LogP contribution in [-0.4, -0.2) is 42.6 Å². The van der Waals surface area contributed by atoms with Gasteiger partial charge in [0, 0.05) is 20.2 Å². The van der Waals surface area contributed by atoms with Gasteiger partial charge < -0.3 is 15.4 Å². The van der Waals surface area contributed by atoms with Crippen molar-refractivity contribution in [1.82, 2.24) is 4.90 Å². The third-order valence-electron chi connectivity index (χ3n) is 3.02. The number of carbonyl (C=O) groups is 1. The number of likely N-dealkylation sites (tertiary alicyclic amines) is 1. The minimum Gasteiger partial charge on any atom is -0.380 e. The van der Waals surface area contributed by atoms with Crippen molar-refractivity contribution in [2.45, 2.75) is 44.8 Å². The highest BCUT2D eigenvalue weighted by molar-refractivity contribution is 5.86. The van der Waals surface area contributed by atoms with E-state index in [0.717, 1.165) is 25.8 Å². The number of ether oxygens (including phenoxy) is 1. The maximum Gasteiger partial charge on any atom is 0.242 e. The van der Waals surface area contributed by atoms with E-state index in [9.17, 15) is 4.79 Å². The third kappa shape index (κ3) is 3.61. The number of nitrogens with two attached hydrogens (primary N) is 1. The number of amides is 1. The summed E-state index contributed by atoms with van der Waals surface area (Å²) in [6.07, 6.45) is 2.77. The van der Waals surface area contributed by atoms with Crippen molar-refractivity contribution in [3.05, 3.63) is 0 Å². The van der Waals surface area contributed by atoms with Crippen LogP contribution in [0.2, 0.25) is 0 Å². The number of hydrogen-bond acceptors (Lipinski definition) is 3. The normalized spacial score (nSPS) is 23.8. The highest BCUT2D eigenvalue weighted by Crippen LogP contribution is 2.18. The van der Waals surface area contributed by atoms with Gasteiger partial charge in [0.25, 0.3) is 0 Å². The molecule has 1 aliphatic rings. The van der Waals surface area contributed by atoms with Gasteiger partial charge in [0.2, 0.25) is 5.91 Å². The van der Waals surface area contributed by atoms with Crippen molar-refractivity contribution in [3.63, 3.8) is 0 Å². The Morgan fingerprint density at radius 3 is 2.69 bits per heavy atom. The van der Waals surface area contributed by atoms with Crippen LogP contribution in [0.25, 0.3) is 0 Å². The number of halogens is 1. The van der Waals surface area contributed by atoms with Crippen molar-refractivity contribution in [2.75, 3.05) is 20.2 Å². The molecule has 0 saturated carbocycles. The molecule has 1 aliphatic heterocycles. The van der Waals surface area contributed by atoms with E-state index >= 15 is 0 Å². The number of carbonyl (C=O) groups excluding carboxylic acids is 1. The molecule has 0 spiro atoms. The summed E-state index contributed by atoms with van der Waals surface area (Å²) >= 11 is 0. The Morgan fingerprint density at radius 1 is 1.62 bits per heavy atom. The van der Waals surface area contributed by atoms with E-state index in [1.165, 1.54) is 0 Å². The molecule has 1 unspecified atom stereocenters. The summed E-state index contributed by atoms with van der Waals surface area (Å²) in [6, 6.07) is 0. The Hall–Kier alpha value is -0.320. The molecule has 0 aromatic carbocycles.